The molecule has 4 rings (SSSR count). The van der Waals surface area contributed by atoms with Gasteiger partial charge in [-0.25, -0.2) is 4.98 Å². The van der Waals surface area contributed by atoms with Crippen molar-refractivity contribution in [1.29, 1.82) is 0 Å². The highest BCUT2D eigenvalue weighted by atomic mass is 35.5. The number of halogens is 1. The number of guanidine groups is 1. The smallest absolute Gasteiger partial charge is 0.246 e. The number of rotatable bonds is 6. The minimum Gasteiger partial charge on any atom is -0.347 e. The molecule has 31 heavy (non-hydrogen) atoms. The zero-order valence-electron chi connectivity index (χ0n) is 17.2. The average molecular weight is 436 g/mol. The van der Waals surface area contributed by atoms with Crippen LogP contribution in [0.4, 0.5) is 0 Å². The summed E-state index contributed by atoms with van der Waals surface area (Å²) in [4.78, 5) is 18.5. The molecule has 2 N–H and O–H groups in total. The Morgan fingerprint density at radius 3 is 2.74 bits per heavy atom. The molecule has 0 fully saturated rings. The van der Waals surface area contributed by atoms with Gasteiger partial charge < -0.3 is 19.7 Å². The van der Waals surface area contributed by atoms with E-state index in [2.05, 4.69) is 30.4 Å². The highest BCUT2D eigenvalue weighted by Crippen LogP contribution is 2.20. The van der Waals surface area contributed by atoms with Crippen LogP contribution in [-0.2, 0) is 13.1 Å². The lowest BCUT2D eigenvalue weighted by Gasteiger charge is -2.20. The van der Waals surface area contributed by atoms with Gasteiger partial charge in [-0.1, -0.05) is 59.2 Å². The molecule has 158 valence electrons. The van der Waals surface area contributed by atoms with Crippen LogP contribution in [0.15, 0.2) is 70.3 Å². The van der Waals surface area contributed by atoms with Gasteiger partial charge in [0.25, 0.3) is 0 Å². The largest absolute Gasteiger partial charge is 0.347 e. The first-order chi connectivity index (χ1) is 15.1. The first-order valence-corrected chi connectivity index (χ1v) is 10.1. The SMILES string of the molecule is CN=C(NCc1nc(-c2cccc(Cl)c2)no1)N(C)Cc1ncc(-c2ccccc2)[nH]1. The fraction of sp³-hybridized carbons (Fsp3) is 0.182. The van der Waals surface area contributed by atoms with Crippen molar-refractivity contribution in [3.05, 3.63) is 77.5 Å². The van der Waals surface area contributed by atoms with Crippen LogP contribution in [0.5, 0.6) is 0 Å². The number of aliphatic imine (C=N–C) groups is 1. The molecular formula is C22H22ClN7O. The second kappa shape index (κ2) is 9.44. The van der Waals surface area contributed by atoms with Crippen LogP contribution < -0.4 is 5.32 Å². The summed E-state index contributed by atoms with van der Waals surface area (Å²) in [7, 11) is 3.66. The Kier molecular flexibility index (Phi) is 6.28. The van der Waals surface area contributed by atoms with E-state index in [-0.39, 0.29) is 0 Å². The second-order valence-corrected chi connectivity index (χ2v) is 7.32. The number of nitrogens with one attached hydrogen (secondary N) is 2. The van der Waals surface area contributed by atoms with Crippen molar-refractivity contribution >= 4 is 17.6 Å². The molecule has 0 aliphatic heterocycles. The molecule has 2 aromatic carbocycles. The van der Waals surface area contributed by atoms with Crippen LogP contribution in [0.1, 0.15) is 11.7 Å². The lowest BCUT2D eigenvalue weighted by Crippen LogP contribution is -2.38. The zero-order valence-corrected chi connectivity index (χ0v) is 18.0. The Morgan fingerprint density at radius 1 is 1.16 bits per heavy atom. The number of aromatic amines is 1. The predicted molar refractivity (Wildman–Crippen MR) is 120 cm³/mol. The van der Waals surface area contributed by atoms with E-state index in [1.165, 1.54) is 0 Å². The first kappa shape index (κ1) is 20.6. The van der Waals surface area contributed by atoms with Gasteiger partial charge in [-0.3, -0.25) is 4.99 Å². The minimum atomic E-state index is 0.345. The number of aromatic nitrogens is 4. The molecule has 4 aromatic rings. The van der Waals surface area contributed by atoms with E-state index in [0.717, 1.165) is 22.6 Å². The topological polar surface area (TPSA) is 95.2 Å². The Balaban J connectivity index is 1.36. The Hall–Kier alpha value is -3.65. The molecule has 0 saturated heterocycles. The fourth-order valence-corrected chi connectivity index (χ4v) is 3.31. The van der Waals surface area contributed by atoms with Crippen LogP contribution in [-0.4, -0.2) is 45.1 Å². The monoisotopic (exact) mass is 435 g/mol. The van der Waals surface area contributed by atoms with E-state index in [9.17, 15) is 0 Å². The molecule has 9 heteroatoms. The highest BCUT2D eigenvalue weighted by Gasteiger charge is 2.13. The van der Waals surface area contributed by atoms with E-state index in [1.807, 2.05) is 60.6 Å². The van der Waals surface area contributed by atoms with Gasteiger partial charge in [0, 0.05) is 24.7 Å². The maximum Gasteiger partial charge on any atom is 0.246 e. The summed E-state index contributed by atoms with van der Waals surface area (Å²) in [5.74, 6) is 2.46. The van der Waals surface area contributed by atoms with Crippen molar-refractivity contribution < 1.29 is 4.52 Å². The number of nitrogens with zero attached hydrogens (tertiary/aromatic N) is 5. The van der Waals surface area contributed by atoms with Gasteiger partial charge in [0.2, 0.25) is 11.7 Å². The van der Waals surface area contributed by atoms with Crippen LogP contribution in [0, 0.1) is 0 Å². The number of benzene rings is 2. The third-order valence-electron chi connectivity index (χ3n) is 4.62. The summed E-state index contributed by atoms with van der Waals surface area (Å²) in [6, 6.07) is 17.4. The fourth-order valence-electron chi connectivity index (χ4n) is 3.12. The van der Waals surface area contributed by atoms with Gasteiger partial charge in [0.05, 0.1) is 25.0 Å². The molecule has 0 unspecified atom stereocenters. The Morgan fingerprint density at radius 2 is 1.97 bits per heavy atom. The minimum absolute atomic E-state index is 0.345. The summed E-state index contributed by atoms with van der Waals surface area (Å²) in [6.45, 7) is 0.905. The van der Waals surface area contributed by atoms with Gasteiger partial charge in [-0.15, -0.1) is 0 Å². The van der Waals surface area contributed by atoms with Crippen molar-refractivity contribution in [3.8, 4) is 22.6 Å². The van der Waals surface area contributed by atoms with Gasteiger partial charge in [0.15, 0.2) is 5.96 Å². The molecule has 0 saturated carbocycles. The van der Waals surface area contributed by atoms with Crippen LogP contribution in [0.2, 0.25) is 5.02 Å². The summed E-state index contributed by atoms with van der Waals surface area (Å²) < 4.78 is 5.35. The third kappa shape index (κ3) is 5.10. The summed E-state index contributed by atoms with van der Waals surface area (Å²) in [5, 5.41) is 7.88. The van der Waals surface area contributed by atoms with E-state index in [1.54, 1.807) is 19.2 Å². The highest BCUT2D eigenvalue weighted by molar-refractivity contribution is 6.30. The predicted octanol–water partition coefficient (Wildman–Crippen LogP) is 3.99. The number of imidazole rings is 1. The molecule has 0 aliphatic rings. The van der Waals surface area contributed by atoms with E-state index < -0.39 is 0 Å². The maximum atomic E-state index is 6.03. The van der Waals surface area contributed by atoms with Gasteiger partial charge in [0.1, 0.15) is 5.82 Å². The molecule has 0 aliphatic carbocycles. The second-order valence-electron chi connectivity index (χ2n) is 6.89. The average Bonchev–Trinajstić information content (AvgIpc) is 3.45. The molecule has 2 aromatic heterocycles. The molecule has 8 nitrogen and oxygen atoms in total. The van der Waals surface area contributed by atoms with Crippen molar-refractivity contribution in [2.75, 3.05) is 14.1 Å². The standard InChI is InChI=1S/C22H22ClN7O/c1-24-22(26-13-20-28-21(29-31-20)16-9-6-10-17(23)11-16)30(2)14-19-25-12-18(27-19)15-7-4-3-5-8-15/h3-12H,13-14H2,1-2H3,(H,24,26)(H,25,27). The lowest BCUT2D eigenvalue weighted by molar-refractivity contribution is 0.371. The number of hydrogen-bond acceptors (Lipinski definition) is 5. The van der Waals surface area contributed by atoms with Crippen molar-refractivity contribution in [3.63, 3.8) is 0 Å². The Labute approximate surface area is 185 Å². The normalized spacial score (nSPS) is 11.5. The molecule has 2 heterocycles. The van der Waals surface area contributed by atoms with Gasteiger partial charge in [-0.2, -0.15) is 4.98 Å². The molecular weight excluding hydrogens is 414 g/mol. The summed E-state index contributed by atoms with van der Waals surface area (Å²) in [6.07, 6.45) is 1.84. The summed E-state index contributed by atoms with van der Waals surface area (Å²) in [5.41, 5.74) is 2.88. The third-order valence-corrected chi connectivity index (χ3v) is 4.86. The molecule has 0 amide bonds. The van der Waals surface area contributed by atoms with E-state index in [4.69, 9.17) is 16.1 Å². The maximum absolute atomic E-state index is 6.03. The van der Waals surface area contributed by atoms with Crippen molar-refractivity contribution in [1.82, 2.24) is 30.3 Å². The molecule has 0 spiro atoms. The molecule has 0 radical (unpaired) electrons. The van der Waals surface area contributed by atoms with Gasteiger partial charge in [-0.05, 0) is 17.7 Å². The molecule has 0 bridgehead atoms. The number of hydrogen-bond donors (Lipinski definition) is 2. The van der Waals surface area contributed by atoms with Gasteiger partial charge >= 0.3 is 0 Å². The van der Waals surface area contributed by atoms with Crippen LogP contribution in [0.25, 0.3) is 22.6 Å². The van der Waals surface area contributed by atoms with E-state index >= 15 is 0 Å². The van der Waals surface area contributed by atoms with Crippen molar-refractivity contribution in [2.24, 2.45) is 4.99 Å². The molecule has 0 atom stereocenters. The summed E-state index contributed by atoms with van der Waals surface area (Å²) >= 11 is 6.03. The quantitative estimate of drug-likeness (QED) is 0.351. The lowest BCUT2D eigenvalue weighted by atomic mass is 10.2. The number of H-pyrrole nitrogens is 1. The van der Waals surface area contributed by atoms with Crippen LogP contribution in [0.3, 0.4) is 0 Å². The Bertz CT molecular complexity index is 1170. The van der Waals surface area contributed by atoms with E-state index in [0.29, 0.717) is 35.8 Å². The van der Waals surface area contributed by atoms with Crippen molar-refractivity contribution in [2.45, 2.75) is 13.1 Å². The van der Waals surface area contributed by atoms with Crippen LogP contribution >= 0.6 is 11.6 Å². The first-order valence-electron chi connectivity index (χ1n) is 9.72. The zero-order chi connectivity index (χ0) is 21.6.